The molecule has 9 nitrogen and oxygen atoms in total. The highest BCUT2D eigenvalue weighted by Gasteiger charge is 2.28. The number of guanidine groups is 1. The minimum absolute atomic E-state index is 0.282. The summed E-state index contributed by atoms with van der Waals surface area (Å²) in [5, 5.41) is 17.3. The smallest absolute Gasteiger partial charge is 0.302 e. The number of aromatic nitrogens is 3. The van der Waals surface area contributed by atoms with Gasteiger partial charge < -0.3 is 9.73 Å². The second-order valence-electron chi connectivity index (χ2n) is 6.45. The molecule has 1 atom stereocenters. The number of para-hydroxylation sites is 2. The summed E-state index contributed by atoms with van der Waals surface area (Å²) in [5.74, 6) is 0.0281. The van der Waals surface area contributed by atoms with Gasteiger partial charge in [0.25, 0.3) is 5.91 Å². The minimum Gasteiger partial charge on any atom is -0.423 e. The standard InChI is InChI=1S/C20H18ClN7O2S/c1-3-6-12(21)9-14-16(17(29)26-20-28-22-10-31-20)11(2)23-18(24-14)27-19-25-13-7-4-5-8-15(13)30-19/h3-10,14H,1-2H3,(H,26,28,29)(H2,23,24,25,27)/b6-3-,12-9-. The highest BCUT2D eigenvalue weighted by atomic mass is 35.5. The van der Waals surface area contributed by atoms with E-state index in [1.165, 1.54) is 16.8 Å². The van der Waals surface area contributed by atoms with Gasteiger partial charge >= 0.3 is 6.01 Å². The van der Waals surface area contributed by atoms with Crippen LogP contribution in [-0.2, 0) is 4.79 Å². The zero-order valence-corrected chi connectivity index (χ0v) is 18.2. The van der Waals surface area contributed by atoms with E-state index in [2.05, 4.69) is 36.1 Å². The number of benzene rings is 1. The molecule has 0 aliphatic carbocycles. The van der Waals surface area contributed by atoms with Crippen molar-refractivity contribution >= 4 is 57.1 Å². The number of fused-ring (bicyclic) bond motifs is 1. The van der Waals surface area contributed by atoms with Crippen LogP contribution in [0.3, 0.4) is 0 Å². The topological polar surface area (TPSA) is 117 Å². The van der Waals surface area contributed by atoms with Crippen molar-refractivity contribution in [1.82, 2.24) is 20.5 Å². The van der Waals surface area contributed by atoms with Crippen LogP contribution in [0.2, 0.25) is 0 Å². The number of oxazole rings is 1. The lowest BCUT2D eigenvalue weighted by Crippen LogP contribution is -2.39. The van der Waals surface area contributed by atoms with Crippen molar-refractivity contribution in [2.75, 3.05) is 10.6 Å². The Balaban J connectivity index is 1.63. The molecule has 1 aromatic carbocycles. The predicted octanol–water partition coefficient (Wildman–Crippen LogP) is 4.03. The molecule has 158 valence electrons. The third kappa shape index (κ3) is 4.81. The molecule has 1 aliphatic heterocycles. The van der Waals surface area contributed by atoms with E-state index in [1.54, 1.807) is 25.2 Å². The number of carbonyl (C=O) groups is 1. The van der Waals surface area contributed by atoms with Gasteiger partial charge in [-0.2, -0.15) is 4.98 Å². The molecule has 0 saturated carbocycles. The number of amides is 1. The van der Waals surface area contributed by atoms with Crippen LogP contribution in [-0.4, -0.2) is 33.1 Å². The van der Waals surface area contributed by atoms with E-state index < -0.39 is 6.04 Å². The van der Waals surface area contributed by atoms with Crippen molar-refractivity contribution in [3.63, 3.8) is 0 Å². The summed E-state index contributed by atoms with van der Waals surface area (Å²) >= 11 is 7.52. The Bertz CT molecular complexity index is 1190. The summed E-state index contributed by atoms with van der Waals surface area (Å²) in [7, 11) is 0. The second-order valence-corrected chi connectivity index (χ2v) is 7.72. The van der Waals surface area contributed by atoms with Gasteiger partial charge in [0.1, 0.15) is 17.1 Å². The minimum atomic E-state index is -0.648. The summed E-state index contributed by atoms with van der Waals surface area (Å²) in [6.07, 6.45) is 5.22. The maximum Gasteiger partial charge on any atom is 0.302 e. The van der Waals surface area contributed by atoms with Crippen LogP contribution in [0.15, 0.2) is 73.7 Å². The van der Waals surface area contributed by atoms with Crippen molar-refractivity contribution in [1.29, 1.82) is 0 Å². The molecule has 0 spiro atoms. The van der Waals surface area contributed by atoms with Crippen LogP contribution in [0.25, 0.3) is 11.1 Å². The average molecular weight is 456 g/mol. The van der Waals surface area contributed by atoms with Crippen LogP contribution >= 0.6 is 22.9 Å². The van der Waals surface area contributed by atoms with Gasteiger partial charge in [-0.25, -0.2) is 4.99 Å². The molecule has 0 fully saturated rings. The van der Waals surface area contributed by atoms with Crippen LogP contribution in [0, 0.1) is 0 Å². The fourth-order valence-corrected chi connectivity index (χ4v) is 3.66. The maximum absolute atomic E-state index is 12.9. The first-order valence-corrected chi connectivity index (χ1v) is 10.5. The summed E-state index contributed by atoms with van der Waals surface area (Å²) in [4.78, 5) is 21.9. The molecule has 1 amide bonds. The Labute approximate surface area is 186 Å². The summed E-state index contributed by atoms with van der Waals surface area (Å²) in [6, 6.07) is 7.06. The van der Waals surface area contributed by atoms with E-state index in [-0.39, 0.29) is 11.9 Å². The lowest BCUT2D eigenvalue weighted by atomic mass is 10.0. The fourth-order valence-electron chi connectivity index (χ4n) is 2.98. The number of nitrogens with zero attached hydrogens (tertiary/aromatic N) is 4. The van der Waals surface area contributed by atoms with E-state index >= 15 is 0 Å². The molecular weight excluding hydrogens is 438 g/mol. The third-order valence-electron chi connectivity index (χ3n) is 4.26. The van der Waals surface area contributed by atoms with Crippen molar-refractivity contribution < 1.29 is 9.21 Å². The predicted molar refractivity (Wildman–Crippen MR) is 122 cm³/mol. The number of aliphatic imine (C=N–C) groups is 1. The lowest BCUT2D eigenvalue weighted by Gasteiger charge is -2.24. The number of halogens is 1. The normalized spacial score (nSPS) is 17.1. The largest absolute Gasteiger partial charge is 0.423 e. The van der Waals surface area contributed by atoms with Crippen molar-refractivity contribution in [2.24, 2.45) is 4.99 Å². The Kier molecular flexibility index (Phi) is 6.10. The van der Waals surface area contributed by atoms with E-state index in [9.17, 15) is 4.79 Å². The number of carbonyl (C=O) groups excluding carboxylic acids is 1. The molecule has 0 saturated heterocycles. The monoisotopic (exact) mass is 455 g/mol. The summed E-state index contributed by atoms with van der Waals surface area (Å²) < 4.78 is 5.70. The number of anilines is 2. The molecule has 11 heteroatoms. The van der Waals surface area contributed by atoms with Crippen LogP contribution in [0.4, 0.5) is 11.1 Å². The van der Waals surface area contributed by atoms with Gasteiger partial charge in [0, 0.05) is 10.7 Å². The number of nitrogens with one attached hydrogen (secondary N) is 3. The molecule has 3 heterocycles. The number of hydrogen-bond acceptors (Lipinski definition) is 9. The number of hydrogen-bond donors (Lipinski definition) is 3. The van der Waals surface area contributed by atoms with E-state index in [0.29, 0.717) is 33.0 Å². The highest BCUT2D eigenvalue weighted by molar-refractivity contribution is 7.13. The van der Waals surface area contributed by atoms with Crippen LogP contribution in [0.5, 0.6) is 0 Å². The highest BCUT2D eigenvalue weighted by Crippen LogP contribution is 2.24. The summed E-state index contributed by atoms with van der Waals surface area (Å²) in [6.45, 7) is 3.63. The van der Waals surface area contributed by atoms with Gasteiger partial charge in [0.2, 0.25) is 11.1 Å². The van der Waals surface area contributed by atoms with Crippen molar-refractivity contribution in [2.45, 2.75) is 19.9 Å². The van der Waals surface area contributed by atoms with Gasteiger partial charge in [-0.05, 0) is 38.1 Å². The zero-order chi connectivity index (χ0) is 21.8. The van der Waals surface area contributed by atoms with E-state index in [1.807, 2.05) is 31.2 Å². The quantitative estimate of drug-likeness (QED) is 0.497. The van der Waals surface area contributed by atoms with Crippen LogP contribution < -0.4 is 16.0 Å². The Morgan fingerprint density at radius 2 is 2.19 bits per heavy atom. The molecule has 0 bridgehead atoms. The molecule has 31 heavy (non-hydrogen) atoms. The number of rotatable bonds is 5. The molecule has 2 aromatic heterocycles. The maximum atomic E-state index is 12.9. The van der Waals surface area contributed by atoms with E-state index in [0.717, 1.165) is 5.52 Å². The first kappa shape index (κ1) is 20.8. The van der Waals surface area contributed by atoms with Gasteiger partial charge in [-0.15, -0.1) is 10.2 Å². The van der Waals surface area contributed by atoms with Crippen molar-refractivity contribution in [3.05, 3.63) is 64.3 Å². The van der Waals surface area contributed by atoms with Crippen molar-refractivity contribution in [3.8, 4) is 0 Å². The fraction of sp³-hybridized carbons (Fsp3) is 0.150. The molecule has 0 radical (unpaired) electrons. The SMILES string of the molecule is C/C=C\C(Cl)=C\C1N=C(Nc2nc3ccccc3o2)NC(C)=C1C(=O)Nc1nncs1. The van der Waals surface area contributed by atoms with Crippen LogP contribution in [0.1, 0.15) is 13.8 Å². The lowest BCUT2D eigenvalue weighted by molar-refractivity contribution is -0.113. The molecule has 3 aromatic rings. The average Bonchev–Trinajstić information content (AvgIpc) is 3.36. The Hall–Kier alpha value is -3.50. The van der Waals surface area contributed by atoms with Gasteiger partial charge in [-0.3, -0.25) is 15.4 Å². The molecule has 3 N–H and O–H groups in total. The first-order chi connectivity index (χ1) is 15.0. The number of allylic oxidation sites excluding steroid dienone is 4. The molecule has 1 unspecified atom stereocenters. The molecular formula is C20H18ClN7O2S. The molecule has 4 rings (SSSR count). The third-order valence-corrected chi connectivity index (χ3v) is 5.12. The first-order valence-electron chi connectivity index (χ1n) is 9.29. The van der Waals surface area contributed by atoms with E-state index in [4.69, 9.17) is 16.0 Å². The van der Waals surface area contributed by atoms with Gasteiger partial charge in [-0.1, -0.05) is 41.1 Å². The second kappa shape index (κ2) is 9.11. The Morgan fingerprint density at radius 3 is 2.94 bits per heavy atom. The zero-order valence-electron chi connectivity index (χ0n) is 16.6. The Morgan fingerprint density at radius 1 is 1.35 bits per heavy atom. The molecule has 1 aliphatic rings. The van der Waals surface area contributed by atoms with Gasteiger partial charge in [0.15, 0.2) is 5.58 Å². The van der Waals surface area contributed by atoms with Gasteiger partial charge in [0.05, 0.1) is 5.57 Å². The summed E-state index contributed by atoms with van der Waals surface area (Å²) in [5.41, 5.74) is 3.91.